The third-order valence-corrected chi connectivity index (χ3v) is 4.85. The largest absolute Gasteiger partial charge is 0.383 e. The molecule has 6 nitrogen and oxygen atoms in total. The van der Waals surface area contributed by atoms with Crippen LogP contribution in [0, 0.1) is 0 Å². The first-order valence-electron chi connectivity index (χ1n) is 8.56. The molecule has 1 amide bonds. The molecule has 1 heterocycles. The van der Waals surface area contributed by atoms with E-state index in [1.54, 1.807) is 7.11 Å². The van der Waals surface area contributed by atoms with Gasteiger partial charge in [0, 0.05) is 38.8 Å². The average Bonchev–Trinajstić information content (AvgIpc) is 2.58. The van der Waals surface area contributed by atoms with Gasteiger partial charge in [0.15, 0.2) is 0 Å². The van der Waals surface area contributed by atoms with Crippen molar-refractivity contribution in [3.05, 3.63) is 0 Å². The topological polar surface area (TPSA) is 62.8 Å². The van der Waals surface area contributed by atoms with E-state index in [0.717, 1.165) is 32.8 Å². The summed E-state index contributed by atoms with van der Waals surface area (Å²) in [6.07, 6.45) is 6.21. The van der Waals surface area contributed by atoms with Crippen LogP contribution < -0.4 is 10.6 Å². The van der Waals surface area contributed by atoms with Gasteiger partial charge >= 0.3 is 0 Å². The highest BCUT2D eigenvalue weighted by molar-refractivity contribution is 5.78. The van der Waals surface area contributed by atoms with Crippen molar-refractivity contribution in [1.82, 2.24) is 15.5 Å². The molecule has 1 aliphatic carbocycles. The Morgan fingerprint density at radius 2 is 1.95 bits per heavy atom. The van der Waals surface area contributed by atoms with Gasteiger partial charge in [-0.2, -0.15) is 0 Å². The maximum absolute atomic E-state index is 12.0. The summed E-state index contributed by atoms with van der Waals surface area (Å²) in [6.45, 7) is 6.07. The number of hydrogen-bond donors (Lipinski definition) is 2. The fraction of sp³-hybridized carbons (Fsp3) is 0.938. The van der Waals surface area contributed by atoms with Crippen molar-refractivity contribution in [2.24, 2.45) is 0 Å². The van der Waals surface area contributed by atoms with Gasteiger partial charge in [0.2, 0.25) is 5.91 Å². The number of methoxy groups -OCH3 is 1. The molecule has 0 radical (unpaired) electrons. The van der Waals surface area contributed by atoms with Crippen molar-refractivity contribution in [3.63, 3.8) is 0 Å². The highest BCUT2D eigenvalue weighted by Crippen LogP contribution is 2.33. The standard InChI is InChI=1S/C16H31N3O3/c1-21-10-7-17-13-15(20)18-14-16(5-3-2-4-6-16)19-8-11-22-12-9-19/h17H,2-14H2,1H3,(H,18,20). The van der Waals surface area contributed by atoms with Gasteiger partial charge in [-0.25, -0.2) is 0 Å². The Bertz CT molecular complexity index is 327. The molecule has 0 spiro atoms. The van der Waals surface area contributed by atoms with Gasteiger partial charge in [-0.3, -0.25) is 9.69 Å². The van der Waals surface area contributed by atoms with Crippen LogP contribution in [-0.2, 0) is 14.3 Å². The normalized spacial score (nSPS) is 22.4. The van der Waals surface area contributed by atoms with Crippen LogP contribution >= 0.6 is 0 Å². The van der Waals surface area contributed by atoms with Crippen molar-refractivity contribution in [1.29, 1.82) is 0 Å². The van der Waals surface area contributed by atoms with E-state index in [4.69, 9.17) is 9.47 Å². The summed E-state index contributed by atoms with van der Waals surface area (Å²) < 4.78 is 10.4. The zero-order valence-corrected chi connectivity index (χ0v) is 13.9. The van der Waals surface area contributed by atoms with Crippen molar-refractivity contribution in [3.8, 4) is 0 Å². The number of carbonyl (C=O) groups excluding carboxylic acids is 1. The maximum Gasteiger partial charge on any atom is 0.234 e. The van der Waals surface area contributed by atoms with Gasteiger partial charge in [0.25, 0.3) is 0 Å². The molecule has 1 saturated heterocycles. The Morgan fingerprint density at radius 1 is 1.23 bits per heavy atom. The first-order chi connectivity index (χ1) is 10.8. The van der Waals surface area contributed by atoms with E-state index in [1.807, 2.05) is 0 Å². The number of carbonyl (C=O) groups is 1. The molecular weight excluding hydrogens is 282 g/mol. The zero-order chi connectivity index (χ0) is 15.7. The van der Waals surface area contributed by atoms with Crippen LogP contribution in [0.5, 0.6) is 0 Å². The predicted octanol–water partition coefficient (Wildman–Crippen LogP) is 0.374. The van der Waals surface area contributed by atoms with Crippen LogP contribution in [0.15, 0.2) is 0 Å². The van der Waals surface area contributed by atoms with E-state index < -0.39 is 0 Å². The van der Waals surface area contributed by atoms with E-state index in [2.05, 4.69) is 15.5 Å². The lowest BCUT2D eigenvalue weighted by molar-refractivity contribution is -0.121. The molecule has 0 unspecified atom stereocenters. The number of morpholine rings is 1. The molecule has 0 aromatic carbocycles. The second-order valence-corrected chi connectivity index (χ2v) is 6.33. The van der Waals surface area contributed by atoms with E-state index in [9.17, 15) is 4.79 Å². The maximum atomic E-state index is 12.0. The number of hydrogen-bond acceptors (Lipinski definition) is 5. The molecule has 0 atom stereocenters. The fourth-order valence-electron chi connectivity index (χ4n) is 3.55. The third-order valence-electron chi connectivity index (χ3n) is 4.85. The monoisotopic (exact) mass is 313 g/mol. The highest BCUT2D eigenvalue weighted by Gasteiger charge is 2.38. The second-order valence-electron chi connectivity index (χ2n) is 6.33. The van der Waals surface area contributed by atoms with Crippen LogP contribution in [-0.4, -0.2) is 76.0 Å². The molecule has 2 rings (SSSR count). The summed E-state index contributed by atoms with van der Waals surface area (Å²) >= 11 is 0. The number of rotatable bonds is 8. The Kier molecular flexibility index (Phi) is 7.59. The molecule has 128 valence electrons. The lowest BCUT2D eigenvalue weighted by atomic mass is 9.79. The molecule has 22 heavy (non-hydrogen) atoms. The summed E-state index contributed by atoms with van der Waals surface area (Å²) in [4.78, 5) is 14.6. The molecule has 1 saturated carbocycles. The predicted molar refractivity (Wildman–Crippen MR) is 86.0 cm³/mol. The number of ether oxygens (including phenoxy) is 2. The van der Waals surface area contributed by atoms with E-state index in [-0.39, 0.29) is 11.4 Å². The van der Waals surface area contributed by atoms with Gasteiger partial charge in [-0.05, 0) is 12.8 Å². The smallest absolute Gasteiger partial charge is 0.234 e. The lowest BCUT2D eigenvalue weighted by Crippen LogP contribution is -2.60. The van der Waals surface area contributed by atoms with Crippen LogP contribution in [0.4, 0.5) is 0 Å². The van der Waals surface area contributed by atoms with Crippen molar-refractivity contribution in [2.45, 2.75) is 37.6 Å². The third kappa shape index (κ3) is 5.19. The average molecular weight is 313 g/mol. The SMILES string of the molecule is COCCNCC(=O)NCC1(N2CCOCC2)CCCCC1. The molecule has 0 aromatic heterocycles. The summed E-state index contributed by atoms with van der Waals surface area (Å²) in [5, 5.41) is 6.24. The molecule has 2 N–H and O–H groups in total. The summed E-state index contributed by atoms with van der Waals surface area (Å²) in [5.41, 5.74) is 0.143. The van der Waals surface area contributed by atoms with Crippen LogP contribution in [0.1, 0.15) is 32.1 Å². The number of nitrogens with zero attached hydrogens (tertiary/aromatic N) is 1. The molecule has 2 fully saturated rings. The fourth-order valence-corrected chi connectivity index (χ4v) is 3.55. The first-order valence-corrected chi connectivity index (χ1v) is 8.56. The highest BCUT2D eigenvalue weighted by atomic mass is 16.5. The zero-order valence-electron chi connectivity index (χ0n) is 13.9. The Morgan fingerprint density at radius 3 is 2.64 bits per heavy atom. The molecule has 2 aliphatic rings. The molecular formula is C16H31N3O3. The van der Waals surface area contributed by atoms with Crippen molar-refractivity contribution in [2.75, 3.05) is 59.7 Å². The Balaban J connectivity index is 1.80. The molecule has 6 heteroatoms. The second kappa shape index (κ2) is 9.45. The molecule has 1 aliphatic heterocycles. The van der Waals surface area contributed by atoms with Gasteiger partial charge in [0.1, 0.15) is 0 Å². The van der Waals surface area contributed by atoms with Crippen LogP contribution in [0.3, 0.4) is 0 Å². The molecule has 0 aromatic rings. The lowest BCUT2D eigenvalue weighted by Gasteiger charge is -2.48. The Labute approximate surface area is 133 Å². The van der Waals surface area contributed by atoms with E-state index in [0.29, 0.717) is 19.7 Å². The first kappa shape index (κ1) is 17.7. The van der Waals surface area contributed by atoms with Gasteiger partial charge in [-0.1, -0.05) is 19.3 Å². The Hall–Kier alpha value is -0.690. The van der Waals surface area contributed by atoms with E-state index >= 15 is 0 Å². The minimum atomic E-state index is 0.0781. The summed E-state index contributed by atoms with van der Waals surface area (Å²) in [7, 11) is 1.66. The molecule has 0 bridgehead atoms. The van der Waals surface area contributed by atoms with Crippen molar-refractivity contribution < 1.29 is 14.3 Å². The van der Waals surface area contributed by atoms with E-state index in [1.165, 1.54) is 32.1 Å². The summed E-state index contributed by atoms with van der Waals surface area (Å²) in [6, 6.07) is 0. The number of amides is 1. The van der Waals surface area contributed by atoms with Crippen LogP contribution in [0.2, 0.25) is 0 Å². The van der Waals surface area contributed by atoms with Gasteiger partial charge in [-0.15, -0.1) is 0 Å². The van der Waals surface area contributed by atoms with Gasteiger partial charge < -0.3 is 20.1 Å². The summed E-state index contributed by atoms with van der Waals surface area (Å²) in [5.74, 6) is 0.0781. The van der Waals surface area contributed by atoms with Crippen LogP contribution in [0.25, 0.3) is 0 Å². The van der Waals surface area contributed by atoms with Gasteiger partial charge in [0.05, 0.1) is 26.4 Å². The number of nitrogens with one attached hydrogen (secondary N) is 2. The van der Waals surface area contributed by atoms with Crippen molar-refractivity contribution >= 4 is 5.91 Å². The quantitative estimate of drug-likeness (QED) is 0.634. The minimum Gasteiger partial charge on any atom is -0.383 e. The minimum absolute atomic E-state index is 0.0781.